The summed E-state index contributed by atoms with van der Waals surface area (Å²) in [6.07, 6.45) is 20.8. The topological polar surface area (TPSA) is 29.1 Å². The molecule has 2 heteroatoms. The summed E-state index contributed by atoms with van der Waals surface area (Å²) in [6.45, 7) is 2.28. The molecule has 2 rings (SSSR count). The molecule has 2 nitrogen and oxygen atoms in total. The van der Waals surface area contributed by atoms with Crippen molar-refractivity contribution in [2.75, 3.05) is 5.32 Å². The average Bonchev–Trinajstić information content (AvgIpc) is 2.82. The van der Waals surface area contributed by atoms with E-state index in [1.165, 1.54) is 83.5 Å². The second-order valence-corrected chi connectivity index (χ2v) is 9.16. The van der Waals surface area contributed by atoms with Gasteiger partial charge in [0.2, 0.25) is 5.91 Å². The van der Waals surface area contributed by atoms with Gasteiger partial charge in [0.15, 0.2) is 0 Å². The molecule has 176 valence electrons. The van der Waals surface area contributed by atoms with E-state index in [0.717, 1.165) is 29.7 Å². The van der Waals surface area contributed by atoms with Gasteiger partial charge < -0.3 is 5.32 Å². The van der Waals surface area contributed by atoms with Crippen molar-refractivity contribution in [1.82, 2.24) is 0 Å². The van der Waals surface area contributed by atoms with Crippen LogP contribution in [0.25, 0.3) is 11.1 Å². The fourth-order valence-electron chi connectivity index (χ4n) is 4.33. The maximum absolute atomic E-state index is 12.4. The normalized spacial score (nSPS) is 10.9. The van der Waals surface area contributed by atoms with E-state index in [4.69, 9.17) is 0 Å². The summed E-state index contributed by atoms with van der Waals surface area (Å²) < 4.78 is 0. The number of para-hydroxylation sites is 1. The van der Waals surface area contributed by atoms with Gasteiger partial charge >= 0.3 is 0 Å². The van der Waals surface area contributed by atoms with Gasteiger partial charge in [-0.05, 0) is 18.1 Å². The molecule has 0 atom stereocenters. The van der Waals surface area contributed by atoms with E-state index in [9.17, 15) is 4.79 Å². The Morgan fingerprint density at radius 3 is 1.62 bits per heavy atom. The Kier molecular flexibility index (Phi) is 14.3. The van der Waals surface area contributed by atoms with Crippen molar-refractivity contribution in [2.45, 2.75) is 110 Å². The van der Waals surface area contributed by atoms with E-state index < -0.39 is 0 Å². The third-order valence-corrected chi connectivity index (χ3v) is 6.29. The molecule has 0 fully saturated rings. The smallest absolute Gasteiger partial charge is 0.224 e. The van der Waals surface area contributed by atoms with E-state index in [0.29, 0.717) is 6.42 Å². The van der Waals surface area contributed by atoms with Gasteiger partial charge in [0, 0.05) is 17.7 Å². The third kappa shape index (κ3) is 11.5. The number of benzene rings is 2. The van der Waals surface area contributed by atoms with Crippen LogP contribution in [0.15, 0.2) is 54.6 Å². The van der Waals surface area contributed by atoms with Gasteiger partial charge in [0.05, 0.1) is 0 Å². The highest BCUT2D eigenvalue weighted by molar-refractivity contribution is 5.95. The van der Waals surface area contributed by atoms with Crippen LogP contribution in [0.5, 0.6) is 0 Å². The minimum absolute atomic E-state index is 0.128. The highest BCUT2D eigenvalue weighted by Crippen LogP contribution is 2.27. The highest BCUT2D eigenvalue weighted by atomic mass is 16.1. The number of rotatable bonds is 18. The largest absolute Gasteiger partial charge is 0.326 e. The Labute approximate surface area is 197 Å². The van der Waals surface area contributed by atoms with Crippen molar-refractivity contribution in [3.05, 3.63) is 54.6 Å². The van der Waals surface area contributed by atoms with Crippen molar-refractivity contribution < 1.29 is 4.79 Å². The van der Waals surface area contributed by atoms with Crippen LogP contribution < -0.4 is 5.32 Å². The first-order valence-corrected chi connectivity index (χ1v) is 13.3. The van der Waals surface area contributed by atoms with Gasteiger partial charge in [-0.1, -0.05) is 145 Å². The predicted molar refractivity (Wildman–Crippen MR) is 140 cm³/mol. The van der Waals surface area contributed by atoms with Gasteiger partial charge in [-0.3, -0.25) is 4.79 Å². The molecule has 0 spiro atoms. The van der Waals surface area contributed by atoms with E-state index in [1.807, 2.05) is 36.4 Å². The molecule has 0 heterocycles. The van der Waals surface area contributed by atoms with Crippen molar-refractivity contribution in [3.8, 4) is 11.1 Å². The quantitative estimate of drug-likeness (QED) is 0.232. The van der Waals surface area contributed by atoms with Gasteiger partial charge in [0.1, 0.15) is 0 Å². The Morgan fingerprint density at radius 1 is 0.594 bits per heavy atom. The minimum atomic E-state index is 0.128. The van der Waals surface area contributed by atoms with Gasteiger partial charge in [-0.2, -0.15) is 0 Å². The molecule has 0 aliphatic heterocycles. The Morgan fingerprint density at radius 2 is 1.06 bits per heavy atom. The van der Waals surface area contributed by atoms with E-state index in [2.05, 4.69) is 30.4 Å². The molecule has 0 aromatic heterocycles. The first-order valence-electron chi connectivity index (χ1n) is 13.3. The summed E-state index contributed by atoms with van der Waals surface area (Å²) in [5, 5.41) is 3.12. The van der Waals surface area contributed by atoms with Crippen LogP contribution in [0.1, 0.15) is 110 Å². The summed E-state index contributed by atoms with van der Waals surface area (Å²) in [4.78, 5) is 12.4. The zero-order valence-corrected chi connectivity index (χ0v) is 20.4. The number of carbonyl (C=O) groups excluding carboxylic acids is 1. The molecule has 1 N–H and O–H groups in total. The summed E-state index contributed by atoms with van der Waals surface area (Å²) >= 11 is 0. The average molecular weight is 436 g/mol. The monoisotopic (exact) mass is 435 g/mol. The molecule has 2 aromatic rings. The maximum Gasteiger partial charge on any atom is 0.224 e. The number of anilines is 1. The van der Waals surface area contributed by atoms with Crippen molar-refractivity contribution in [2.24, 2.45) is 0 Å². The summed E-state index contributed by atoms with van der Waals surface area (Å²) in [6, 6.07) is 18.3. The van der Waals surface area contributed by atoms with Crippen molar-refractivity contribution >= 4 is 11.6 Å². The van der Waals surface area contributed by atoms with Crippen LogP contribution in [0, 0.1) is 0 Å². The summed E-state index contributed by atoms with van der Waals surface area (Å²) in [7, 11) is 0. The Balaban J connectivity index is 1.47. The highest BCUT2D eigenvalue weighted by Gasteiger charge is 2.08. The zero-order chi connectivity index (χ0) is 22.7. The molecule has 0 aliphatic carbocycles. The molecule has 32 heavy (non-hydrogen) atoms. The first kappa shape index (κ1) is 26.2. The Bertz CT molecular complexity index is 725. The van der Waals surface area contributed by atoms with E-state index in [1.54, 1.807) is 0 Å². The number of hydrogen-bond acceptors (Lipinski definition) is 1. The number of unbranched alkanes of at least 4 members (excludes halogenated alkanes) is 14. The second kappa shape index (κ2) is 17.5. The van der Waals surface area contributed by atoms with Crippen LogP contribution >= 0.6 is 0 Å². The van der Waals surface area contributed by atoms with Crippen LogP contribution in [-0.2, 0) is 4.79 Å². The fourth-order valence-corrected chi connectivity index (χ4v) is 4.33. The molecule has 0 radical (unpaired) electrons. The van der Waals surface area contributed by atoms with Gasteiger partial charge in [0.25, 0.3) is 0 Å². The van der Waals surface area contributed by atoms with E-state index >= 15 is 0 Å². The van der Waals surface area contributed by atoms with Crippen LogP contribution in [-0.4, -0.2) is 5.91 Å². The van der Waals surface area contributed by atoms with Crippen LogP contribution in [0.2, 0.25) is 0 Å². The van der Waals surface area contributed by atoms with Crippen LogP contribution in [0.3, 0.4) is 0 Å². The predicted octanol–water partition coefficient (Wildman–Crippen LogP) is 9.55. The molecule has 0 unspecified atom stereocenters. The Hall–Kier alpha value is -2.09. The molecule has 0 saturated heterocycles. The first-order chi connectivity index (χ1) is 15.8. The van der Waals surface area contributed by atoms with Crippen LogP contribution in [0.4, 0.5) is 5.69 Å². The fraction of sp³-hybridized carbons (Fsp3) is 0.567. The lowest BCUT2D eigenvalue weighted by Gasteiger charge is -2.11. The molecular formula is C30H45NO. The van der Waals surface area contributed by atoms with E-state index in [-0.39, 0.29) is 5.91 Å². The molecular weight excluding hydrogens is 390 g/mol. The minimum Gasteiger partial charge on any atom is -0.326 e. The van der Waals surface area contributed by atoms with Crippen molar-refractivity contribution in [1.29, 1.82) is 0 Å². The molecule has 2 aromatic carbocycles. The molecule has 0 saturated carbocycles. The molecule has 0 aliphatic rings. The van der Waals surface area contributed by atoms with Gasteiger partial charge in [-0.25, -0.2) is 0 Å². The number of nitrogens with one attached hydrogen (secondary N) is 1. The third-order valence-electron chi connectivity index (χ3n) is 6.29. The second-order valence-electron chi connectivity index (χ2n) is 9.16. The lowest BCUT2D eigenvalue weighted by Crippen LogP contribution is -2.11. The lowest BCUT2D eigenvalue weighted by molar-refractivity contribution is -0.116. The standard InChI is InChI=1S/C30H45NO/c1-2-3-4-5-6-7-8-9-10-11-12-13-14-15-19-26-30(32)31-29-25-21-20-24-28(29)27-22-17-16-18-23-27/h16-18,20-25H,2-15,19,26H2,1H3,(H,31,32). The number of carbonyl (C=O) groups is 1. The number of hydrogen-bond donors (Lipinski definition) is 1. The number of amides is 1. The van der Waals surface area contributed by atoms with Gasteiger partial charge in [-0.15, -0.1) is 0 Å². The maximum atomic E-state index is 12.4. The summed E-state index contributed by atoms with van der Waals surface area (Å²) in [5.74, 6) is 0.128. The molecule has 0 bridgehead atoms. The molecule has 1 amide bonds. The SMILES string of the molecule is CCCCCCCCCCCCCCCCCC(=O)Nc1ccccc1-c1ccccc1. The zero-order valence-electron chi connectivity index (χ0n) is 20.4. The lowest BCUT2D eigenvalue weighted by atomic mass is 10.0. The summed E-state index contributed by atoms with van der Waals surface area (Å²) in [5.41, 5.74) is 3.12. The van der Waals surface area contributed by atoms with Crippen molar-refractivity contribution in [3.63, 3.8) is 0 Å².